The van der Waals surface area contributed by atoms with Crippen molar-refractivity contribution in [1.82, 2.24) is 5.43 Å². The number of carbonyl (C=O) groups is 1. The highest BCUT2D eigenvalue weighted by Gasteiger charge is 2.64. The van der Waals surface area contributed by atoms with Crippen molar-refractivity contribution in [3.8, 4) is 5.75 Å². The molecule has 2 fully saturated rings. The molecule has 2 aromatic rings. The summed E-state index contributed by atoms with van der Waals surface area (Å²) >= 11 is 12.1. The van der Waals surface area contributed by atoms with Crippen molar-refractivity contribution in [2.75, 3.05) is 0 Å². The van der Waals surface area contributed by atoms with Gasteiger partial charge in [-0.25, -0.2) is 5.43 Å². The van der Waals surface area contributed by atoms with E-state index in [9.17, 15) is 4.79 Å². The summed E-state index contributed by atoms with van der Waals surface area (Å²) in [6, 6.07) is 12.9. The van der Waals surface area contributed by atoms with Crippen LogP contribution in [0.5, 0.6) is 5.75 Å². The minimum Gasteiger partial charge on any atom is -0.489 e. The SMILES string of the molecule is C[C@]12CCCC[C@H]1[C@H]2C(=O)N/N=C/c1ccc(OCc2ccc(Cl)cc2Cl)cc1. The maximum atomic E-state index is 12.4. The van der Waals surface area contributed by atoms with E-state index in [1.165, 1.54) is 19.3 Å². The van der Waals surface area contributed by atoms with E-state index in [0.717, 1.165) is 23.3 Å². The molecule has 0 radical (unpaired) electrons. The lowest BCUT2D eigenvalue weighted by Gasteiger charge is -2.15. The van der Waals surface area contributed by atoms with E-state index in [4.69, 9.17) is 27.9 Å². The molecule has 2 aliphatic rings. The van der Waals surface area contributed by atoms with Gasteiger partial charge in [-0.1, -0.05) is 49.0 Å². The summed E-state index contributed by atoms with van der Waals surface area (Å²) in [6.07, 6.45) is 6.46. The van der Waals surface area contributed by atoms with Crippen LogP contribution in [-0.2, 0) is 11.4 Å². The Morgan fingerprint density at radius 2 is 2.03 bits per heavy atom. The van der Waals surface area contributed by atoms with Crippen molar-refractivity contribution < 1.29 is 9.53 Å². The van der Waals surface area contributed by atoms with Gasteiger partial charge >= 0.3 is 0 Å². The number of ether oxygens (including phenoxy) is 1. The quantitative estimate of drug-likeness (QED) is 0.461. The zero-order valence-corrected chi connectivity index (χ0v) is 17.8. The summed E-state index contributed by atoms with van der Waals surface area (Å²) in [4.78, 5) is 12.4. The Balaban J connectivity index is 1.27. The number of rotatable bonds is 6. The average molecular weight is 431 g/mol. The van der Waals surface area contributed by atoms with Crippen LogP contribution in [-0.4, -0.2) is 12.1 Å². The fourth-order valence-electron chi connectivity index (χ4n) is 4.54. The number of fused-ring (bicyclic) bond motifs is 1. The molecule has 0 bridgehead atoms. The van der Waals surface area contributed by atoms with Gasteiger partial charge in [-0.15, -0.1) is 0 Å². The van der Waals surface area contributed by atoms with E-state index in [1.54, 1.807) is 18.3 Å². The van der Waals surface area contributed by atoms with Gasteiger partial charge in [0.1, 0.15) is 12.4 Å². The Morgan fingerprint density at radius 1 is 1.24 bits per heavy atom. The second-order valence-electron chi connectivity index (χ2n) is 8.16. The van der Waals surface area contributed by atoms with Crippen LogP contribution in [0.25, 0.3) is 0 Å². The molecular weight excluding hydrogens is 407 g/mol. The molecule has 1 N–H and O–H groups in total. The third-order valence-electron chi connectivity index (χ3n) is 6.29. The molecule has 0 aliphatic heterocycles. The summed E-state index contributed by atoms with van der Waals surface area (Å²) < 4.78 is 5.77. The lowest BCUT2D eigenvalue weighted by atomic mass is 9.90. The van der Waals surface area contributed by atoms with E-state index < -0.39 is 0 Å². The Morgan fingerprint density at radius 3 is 2.72 bits per heavy atom. The first-order chi connectivity index (χ1) is 14.0. The lowest BCUT2D eigenvalue weighted by Crippen LogP contribution is -2.22. The predicted molar refractivity (Wildman–Crippen MR) is 117 cm³/mol. The first-order valence-electron chi connectivity index (χ1n) is 9.97. The molecule has 1 amide bonds. The maximum Gasteiger partial charge on any atom is 0.244 e. The van der Waals surface area contributed by atoms with Gasteiger partial charge in [0.25, 0.3) is 0 Å². The first kappa shape index (κ1) is 20.2. The standard InChI is InChI=1S/C23H24Cl2N2O2/c1-23-11-3-2-4-19(23)21(23)22(28)27-26-13-15-5-9-18(10-6-15)29-14-16-7-8-17(24)12-20(16)25/h5-10,12-13,19,21H,2-4,11,14H2,1H3,(H,27,28)/b26-13+/t19-,21-,23-/m0/s1. The van der Waals surface area contributed by atoms with Crippen LogP contribution in [0.3, 0.4) is 0 Å². The van der Waals surface area contributed by atoms with E-state index in [-0.39, 0.29) is 17.2 Å². The number of carbonyl (C=O) groups excluding carboxylic acids is 1. The molecule has 0 unspecified atom stereocenters. The van der Waals surface area contributed by atoms with Gasteiger partial charge in [-0.2, -0.15) is 5.10 Å². The summed E-state index contributed by atoms with van der Waals surface area (Å²) in [5, 5.41) is 5.33. The molecule has 3 atom stereocenters. The molecule has 0 spiro atoms. The lowest BCUT2D eigenvalue weighted by molar-refractivity contribution is -0.123. The molecule has 6 heteroatoms. The average Bonchev–Trinajstić information content (AvgIpc) is 3.34. The number of amides is 1. The normalized spacial score (nSPS) is 25.5. The number of nitrogens with one attached hydrogen (secondary N) is 1. The Kier molecular flexibility index (Phi) is 5.84. The van der Waals surface area contributed by atoms with Gasteiger partial charge in [0.05, 0.1) is 6.21 Å². The number of hydrogen-bond acceptors (Lipinski definition) is 3. The van der Waals surface area contributed by atoms with Gasteiger partial charge in [0.15, 0.2) is 0 Å². The zero-order valence-electron chi connectivity index (χ0n) is 16.3. The second-order valence-corrected chi connectivity index (χ2v) is 9.01. The molecule has 0 saturated heterocycles. The van der Waals surface area contributed by atoms with Crippen molar-refractivity contribution >= 4 is 35.3 Å². The van der Waals surface area contributed by atoms with E-state index in [1.807, 2.05) is 30.3 Å². The Bertz CT molecular complexity index is 929. The van der Waals surface area contributed by atoms with Crippen molar-refractivity contribution in [2.24, 2.45) is 22.4 Å². The number of halogens is 2. The van der Waals surface area contributed by atoms with Crippen molar-refractivity contribution in [3.63, 3.8) is 0 Å². The molecule has 0 heterocycles. The van der Waals surface area contributed by atoms with Crippen molar-refractivity contribution in [1.29, 1.82) is 0 Å². The van der Waals surface area contributed by atoms with Crippen LogP contribution < -0.4 is 10.2 Å². The van der Waals surface area contributed by atoms with Crippen LogP contribution in [0.15, 0.2) is 47.6 Å². The van der Waals surface area contributed by atoms with Crippen LogP contribution >= 0.6 is 23.2 Å². The molecule has 4 rings (SSSR count). The minimum atomic E-state index is 0.0513. The van der Waals surface area contributed by atoms with Crippen molar-refractivity contribution in [2.45, 2.75) is 39.2 Å². The van der Waals surface area contributed by atoms with E-state index in [0.29, 0.717) is 22.6 Å². The van der Waals surface area contributed by atoms with Gasteiger partial charge in [-0.05, 0) is 66.1 Å². The third kappa shape index (κ3) is 4.44. The van der Waals surface area contributed by atoms with Gasteiger partial charge in [0, 0.05) is 21.5 Å². The second kappa shape index (κ2) is 8.37. The number of benzene rings is 2. The van der Waals surface area contributed by atoms with Gasteiger partial charge in [-0.3, -0.25) is 4.79 Å². The summed E-state index contributed by atoms with van der Waals surface area (Å²) in [7, 11) is 0. The highest BCUT2D eigenvalue weighted by Crippen LogP contribution is 2.66. The Hall–Kier alpha value is -2.04. The number of nitrogens with zero attached hydrogens (tertiary/aromatic N) is 1. The molecule has 4 nitrogen and oxygen atoms in total. The monoisotopic (exact) mass is 430 g/mol. The van der Waals surface area contributed by atoms with E-state index in [2.05, 4.69) is 17.5 Å². The fraction of sp³-hybridized carbons (Fsp3) is 0.391. The third-order valence-corrected chi connectivity index (χ3v) is 6.88. The zero-order chi connectivity index (χ0) is 20.4. The molecule has 2 saturated carbocycles. The first-order valence-corrected chi connectivity index (χ1v) is 10.7. The fourth-order valence-corrected chi connectivity index (χ4v) is 5.00. The largest absolute Gasteiger partial charge is 0.489 e. The van der Waals surface area contributed by atoms with Crippen LogP contribution in [0.2, 0.25) is 10.0 Å². The van der Waals surface area contributed by atoms with Crippen LogP contribution in [0.1, 0.15) is 43.7 Å². The molecular formula is C23H24Cl2N2O2. The maximum absolute atomic E-state index is 12.4. The molecule has 2 aromatic carbocycles. The highest BCUT2D eigenvalue weighted by atomic mass is 35.5. The molecule has 0 aromatic heterocycles. The predicted octanol–water partition coefficient (Wildman–Crippen LogP) is 5.85. The van der Waals surface area contributed by atoms with Crippen molar-refractivity contribution in [3.05, 3.63) is 63.6 Å². The topological polar surface area (TPSA) is 50.7 Å². The smallest absolute Gasteiger partial charge is 0.244 e. The molecule has 152 valence electrons. The molecule has 29 heavy (non-hydrogen) atoms. The summed E-state index contributed by atoms with van der Waals surface area (Å²) in [5.74, 6) is 1.44. The Labute approximate surface area is 181 Å². The van der Waals surface area contributed by atoms with Crippen LogP contribution in [0.4, 0.5) is 0 Å². The van der Waals surface area contributed by atoms with E-state index >= 15 is 0 Å². The number of hydrogen-bond donors (Lipinski definition) is 1. The molecule has 2 aliphatic carbocycles. The highest BCUT2D eigenvalue weighted by molar-refractivity contribution is 6.35. The van der Waals surface area contributed by atoms with Gasteiger partial charge in [0.2, 0.25) is 5.91 Å². The number of hydrazone groups is 1. The summed E-state index contributed by atoms with van der Waals surface area (Å²) in [5.41, 5.74) is 4.68. The summed E-state index contributed by atoms with van der Waals surface area (Å²) in [6.45, 7) is 2.60. The van der Waals surface area contributed by atoms with Crippen LogP contribution in [0, 0.1) is 17.3 Å². The minimum absolute atomic E-state index is 0.0513. The van der Waals surface area contributed by atoms with Gasteiger partial charge < -0.3 is 4.74 Å².